The van der Waals surface area contributed by atoms with Crippen LogP contribution in [0.3, 0.4) is 0 Å². The number of amides is 2. The number of hydrogen-bond donors (Lipinski definition) is 3. The fraction of sp³-hybridized carbons (Fsp3) is 0.462. The zero-order valence-electron chi connectivity index (χ0n) is 10.8. The van der Waals surface area contributed by atoms with Crippen molar-refractivity contribution in [2.24, 2.45) is 0 Å². The number of rotatable bonds is 4. The van der Waals surface area contributed by atoms with Crippen molar-refractivity contribution in [3.8, 4) is 0 Å². The third kappa shape index (κ3) is 4.55. The number of nitrogens with one attached hydrogen (secondary N) is 2. The maximum Gasteiger partial charge on any atom is 0.315 e. The van der Waals surface area contributed by atoms with Gasteiger partial charge in [0.25, 0.3) is 0 Å². The van der Waals surface area contributed by atoms with Crippen LogP contribution in [0.1, 0.15) is 26.3 Å². The second kappa shape index (κ2) is 6.07. The van der Waals surface area contributed by atoms with E-state index in [1.807, 2.05) is 26.0 Å². The Labute approximate surface area is 112 Å². The third-order valence-electron chi connectivity index (χ3n) is 2.55. The van der Waals surface area contributed by atoms with E-state index >= 15 is 0 Å². The fourth-order valence-corrected chi connectivity index (χ4v) is 1.63. The van der Waals surface area contributed by atoms with Gasteiger partial charge in [-0.2, -0.15) is 0 Å². The first kappa shape index (κ1) is 14.8. The fourth-order valence-electron chi connectivity index (χ4n) is 1.51. The van der Waals surface area contributed by atoms with Crippen molar-refractivity contribution in [3.05, 3.63) is 34.9 Å². The summed E-state index contributed by atoms with van der Waals surface area (Å²) in [6.45, 7) is 5.64. The Balaban J connectivity index is 2.63. The van der Waals surface area contributed by atoms with Crippen LogP contribution in [0.25, 0.3) is 0 Å². The van der Waals surface area contributed by atoms with Crippen LogP contribution in [0, 0.1) is 0 Å². The molecule has 0 heterocycles. The molecule has 0 radical (unpaired) electrons. The standard InChI is InChI=1S/C13H19ClN2O2/c1-9(17)8-15-12(18)16-13(2,3)10-4-6-11(14)7-5-10/h4-7,9,17H,8H2,1-3H3,(H2,15,16,18). The summed E-state index contributed by atoms with van der Waals surface area (Å²) in [4.78, 5) is 11.6. The van der Waals surface area contributed by atoms with Crippen LogP contribution in [-0.4, -0.2) is 23.8 Å². The van der Waals surface area contributed by atoms with Crippen molar-refractivity contribution in [3.63, 3.8) is 0 Å². The Hall–Kier alpha value is -1.26. The van der Waals surface area contributed by atoms with Gasteiger partial charge in [-0.1, -0.05) is 23.7 Å². The quantitative estimate of drug-likeness (QED) is 0.786. The van der Waals surface area contributed by atoms with E-state index in [1.165, 1.54) is 0 Å². The van der Waals surface area contributed by atoms with Crippen molar-refractivity contribution >= 4 is 17.6 Å². The normalized spacial score (nSPS) is 12.9. The molecule has 0 aliphatic heterocycles. The minimum atomic E-state index is -0.561. The van der Waals surface area contributed by atoms with Gasteiger partial charge >= 0.3 is 6.03 Å². The number of aliphatic hydroxyl groups excluding tert-OH is 1. The highest BCUT2D eigenvalue weighted by Crippen LogP contribution is 2.21. The molecule has 0 aliphatic carbocycles. The lowest BCUT2D eigenvalue weighted by molar-refractivity contribution is 0.185. The lowest BCUT2D eigenvalue weighted by atomic mass is 9.94. The van der Waals surface area contributed by atoms with Crippen LogP contribution in [-0.2, 0) is 5.54 Å². The van der Waals surface area contributed by atoms with Crippen LogP contribution >= 0.6 is 11.6 Å². The van der Waals surface area contributed by atoms with Gasteiger partial charge in [-0.3, -0.25) is 0 Å². The predicted molar refractivity (Wildman–Crippen MR) is 72.7 cm³/mol. The van der Waals surface area contributed by atoms with E-state index in [9.17, 15) is 4.79 Å². The molecule has 3 N–H and O–H groups in total. The molecule has 18 heavy (non-hydrogen) atoms. The zero-order valence-corrected chi connectivity index (χ0v) is 11.6. The van der Waals surface area contributed by atoms with E-state index in [4.69, 9.17) is 16.7 Å². The second-order valence-electron chi connectivity index (χ2n) is 4.82. The predicted octanol–water partition coefficient (Wildman–Crippen LogP) is 2.26. The third-order valence-corrected chi connectivity index (χ3v) is 2.80. The summed E-state index contributed by atoms with van der Waals surface area (Å²) in [5.74, 6) is 0. The molecule has 2 amide bonds. The highest BCUT2D eigenvalue weighted by molar-refractivity contribution is 6.30. The van der Waals surface area contributed by atoms with Crippen molar-refractivity contribution in [2.45, 2.75) is 32.4 Å². The number of urea groups is 1. The van der Waals surface area contributed by atoms with Gasteiger partial charge in [0.05, 0.1) is 11.6 Å². The first-order chi connectivity index (χ1) is 8.31. The summed E-state index contributed by atoms with van der Waals surface area (Å²) in [6.07, 6.45) is -0.561. The molecule has 0 saturated carbocycles. The van der Waals surface area contributed by atoms with Gasteiger partial charge in [0, 0.05) is 11.6 Å². The molecular weight excluding hydrogens is 252 g/mol. The molecule has 0 saturated heterocycles. The molecule has 1 atom stereocenters. The largest absolute Gasteiger partial charge is 0.392 e. The summed E-state index contributed by atoms with van der Waals surface area (Å²) in [5, 5.41) is 15.2. The highest BCUT2D eigenvalue weighted by Gasteiger charge is 2.22. The number of carbonyl (C=O) groups excluding carboxylic acids is 1. The summed E-state index contributed by atoms with van der Waals surface area (Å²) < 4.78 is 0. The number of halogens is 1. The Kier molecular flexibility index (Phi) is 4.99. The van der Waals surface area contributed by atoms with E-state index < -0.39 is 11.6 Å². The molecule has 4 nitrogen and oxygen atoms in total. The van der Waals surface area contributed by atoms with Gasteiger partial charge in [0.15, 0.2) is 0 Å². The Morgan fingerprint density at radius 3 is 2.44 bits per heavy atom. The first-order valence-corrected chi connectivity index (χ1v) is 6.19. The summed E-state index contributed by atoms with van der Waals surface area (Å²) in [5.41, 5.74) is 0.451. The molecule has 5 heteroatoms. The number of benzene rings is 1. The molecule has 0 fully saturated rings. The van der Waals surface area contributed by atoms with E-state index in [1.54, 1.807) is 19.1 Å². The van der Waals surface area contributed by atoms with Crippen LogP contribution in [0.2, 0.25) is 5.02 Å². The van der Waals surface area contributed by atoms with E-state index in [2.05, 4.69) is 10.6 Å². The van der Waals surface area contributed by atoms with Gasteiger partial charge in [0.2, 0.25) is 0 Å². The summed E-state index contributed by atoms with van der Waals surface area (Å²) in [6, 6.07) is 7.01. The van der Waals surface area contributed by atoms with Crippen molar-refractivity contribution < 1.29 is 9.90 Å². The minimum Gasteiger partial charge on any atom is -0.392 e. The average molecular weight is 271 g/mol. The van der Waals surface area contributed by atoms with Crippen LogP contribution in [0.5, 0.6) is 0 Å². The molecule has 1 aromatic rings. The Bertz CT molecular complexity index is 402. The van der Waals surface area contributed by atoms with Gasteiger partial charge in [-0.25, -0.2) is 4.79 Å². The smallest absolute Gasteiger partial charge is 0.315 e. The van der Waals surface area contributed by atoms with Gasteiger partial charge < -0.3 is 15.7 Å². The van der Waals surface area contributed by atoms with E-state index in [0.717, 1.165) is 5.56 Å². The highest BCUT2D eigenvalue weighted by atomic mass is 35.5. The molecule has 0 aromatic heterocycles. The summed E-state index contributed by atoms with van der Waals surface area (Å²) >= 11 is 5.82. The molecule has 1 rings (SSSR count). The summed E-state index contributed by atoms with van der Waals surface area (Å²) in [7, 11) is 0. The van der Waals surface area contributed by atoms with E-state index in [0.29, 0.717) is 5.02 Å². The second-order valence-corrected chi connectivity index (χ2v) is 5.25. The Morgan fingerprint density at radius 1 is 1.39 bits per heavy atom. The van der Waals surface area contributed by atoms with Crippen molar-refractivity contribution in [1.82, 2.24) is 10.6 Å². The molecule has 1 unspecified atom stereocenters. The minimum absolute atomic E-state index is 0.225. The lowest BCUT2D eigenvalue weighted by Gasteiger charge is -2.27. The van der Waals surface area contributed by atoms with Gasteiger partial charge in [-0.15, -0.1) is 0 Å². The maximum absolute atomic E-state index is 11.6. The number of aliphatic hydroxyl groups is 1. The lowest BCUT2D eigenvalue weighted by Crippen LogP contribution is -2.47. The molecule has 0 bridgehead atoms. The molecule has 1 aromatic carbocycles. The van der Waals surface area contributed by atoms with Crippen LogP contribution in [0.4, 0.5) is 4.79 Å². The molecule has 0 aliphatic rings. The molecule has 100 valence electrons. The van der Waals surface area contributed by atoms with E-state index in [-0.39, 0.29) is 12.6 Å². The average Bonchev–Trinajstić information content (AvgIpc) is 2.26. The van der Waals surface area contributed by atoms with Gasteiger partial charge in [0.1, 0.15) is 0 Å². The van der Waals surface area contributed by atoms with Gasteiger partial charge in [-0.05, 0) is 38.5 Å². The molecular formula is C13H19ClN2O2. The first-order valence-electron chi connectivity index (χ1n) is 5.81. The van der Waals surface area contributed by atoms with Crippen molar-refractivity contribution in [2.75, 3.05) is 6.54 Å². The monoisotopic (exact) mass is 270 g/mol. The maximum atomic E-state index is 11.6. The SMILES string of the molecule is CC(O)CNC(=O)NC(C)(C)c1ccc(Cl)cc1. The zero-order chi connectivity index (χ0) is 13.8. The number of carbonyl (C=O) groups is 1. The molecule has 0 spiro atoms. The van der Waals surface area contributed by atoms with Crippen LogP contribution in [0.15, 0.2) is 24.3 Å². The topological polar surface area (TPSA) is 61.4 Å². The van der Waals surface area contributed by atoms with Crippen molar-refractivity contribution in [1.29, 1.82) is 0 Å². The van der Waals surface area contributed by atoms with Crippen LogP contribution < -0.4 is 10.6 Å². The number of hydrogen-bond acceptors (Lipinski definition) is 2. The Morgan fingerprint density at radius 2 is 1.94 bits per heavy atom.